The van der Waals surface area contributed by atoms with Crippen LogP contribution in [0.2, 0.25) is 0 Å². The van der Waals surface area contributed by atoms with Gasteiger partial charge in [0, 0.05) is 50.5 Å². The lowest BCUT2D eigenvalue weighted by atomic mass is 10.1. The third-order valence-electron chi connectivity index (χ3n) is 4.33. The first-order valence-corrected chi connectivity index (χ1v) is 10.2. The molecule has 0 atom stereocenters. The number of carbonyl (C=O) groups excluding carboxylic acids is 1. The lowest BCUT2D eigenvalue weighted by Crippen LogP contribution is -2.49. The Balaban J connectivity index is 1.44. The van der Waals surface area contributed by atoms with Crippen LogP contribution in [0.3, 0.4) is 0 Å². The highest BCUT2D eigenvalue weighted by Crippen LogP contribution is 2.14. The summed E-state index contributed by atoms with van der Waals surface area (Å²) in [5.74, 6) is 0.253. The summed E-state index contributed by atoms with van der Waals surface area (Å²) < 4.78 is 5.41. The molecule has 160 valence electrons. The van der Waals surface area contributed by atoms with Crippen LogP contribution < -0.4 is 15.4 Å². The summed E-state index contributed by atoms with van der Waals surface area (Å²) in [6.07, 6.45) is 4.47. The molecule has 0 aliphatic carbocycles. The van der Waals surface area contributed by atoms with Gasteiger partial charge in [-0.25, -0.2) is 19.7 Å². The molecule has 10 heteroatoms. The number of carbonyl (C=O) groups is 1. The monoisotopic (exact) mass is 429 g/mol. The number of thiocarbonyl (C=S) groups is 1. The van der Waals surface area contributed by atoms with Crippen LogP contribution in [0.1, 0.15) is 26.5 Å². The molecule has 9 nitrogen and oxygen atoms in total. The van der Waals surface area contributed by atoms with Crippen LogP contribution in [0.15, 0.2) is 36.9 Å². The molecule has 1 saturated heterocycles. The number of aromatic nitrogens is 3. The van der Waals surface area contributed by atoms with Gasteiger partial charge in [-0.15, -0.1) is 0 Å². The third-order valence-corrected chi connectivity index (χ3v) is 4.54. The predicted molar refractivity (Wildman–Crippen MR) is 118 cm³/mol. The number of nitrogens with one attached hydrogen (secondary N) is 2. The zero-order chi connectivity index (χ0) is 21.6. The Kier molecular flexibility index (Phi) is 7.11. The summed E-state index contributed by atoms with van der Waals surface area (Å²) in [6.45, 7) is 9.52. The third kappa shape index (κ3) is 6.89. The molecule has 0 aromatic carbocycles. The molecule has 0 spiro atoms. The Morgan fingerprint density at radius 3 is 2.53 bits per heavy atom. The Hall–Kier alpha value is -2.85. The summed E-state index contributed by atoms with van der Waals surface area (Å²) in [5.41, 5.74) is 1.55. The summed E-state index contributed by atoms with van der Waals surface area (Å²) in [7, 11) is 0. The minimum atomic E-state index is -0.394. The highest BCUT2D eigenvalue weighted by atomic mass is 32.1. The average Bonchev–Trinajstić information content (AvgIpc) is 2.69. The van der Waals surface area contributed by atoms with Crippen LogP contribution in [0.4, 0.5) is 10.5 Å². The number of hydrogen-bond acceptors (Lipinski definition) is 7. The lowest BCUT2D eigenvalue weighted by Gasteiger charge is -2.33. The van der Waals surface area contributed by atoms with E-state index in [-0.39, 0.29) is 11.4 Å². The van der Waals surface area contributed by atoms with E-state index in [1.807, 2.05) is 26.8 Å². The lowest BCUT2D eigenvalue weighted by molar-refractivity contribution is 0.106. The van der Waals surface area contributed by atoms with Gasteiger partial charge in [-0.05, 0) is 45.1 Å². The maximum atomic E-state index is 12.4. The SMILES string of the molecule is CC(C)(C)NC(=S)Nc1ccc(OC(=O)N2CCN(Cc3ccncn3)CC2)nc1. The van der Waals surface area contributed by atoms with E-state index in [9.17, 15) is 4.79 Å². The van der Waals surface area contributed by atoms with Crippen molar-refractivity contribution in [2.45, 2.75) is 32.9 Å². The quantitative estimate of drug-likeness (QED) is 0.710. The Morgan fingerprint density at radius 1 is 1.17 bits per heavy atom. The first kappa shape index (κ1) is 21.8. The van der Waals surface area contributed by atoms with Crippen molar-refractivity contribution in [3.63, 3.8) is 0 Å². The molecule has 30 heavy (non-hydrogen) atoms. The first-order chi connectivity index (χ1) is 14.3. The van der Waals surface area contributed by atoms with Crippen molar-refractivity contribution < 1.29 is 9.53 Å². The van der Waals surface area contributed by atoms with Crippen LogP contribution in [0.5, 0.6) is 5.88 Å². The summed E-state index contributed by atoms with van der Waals surface area (Å²) in [4.78, 5) is 28.7. The predicted octanol–water partition coefficient (Wildman–Crippen LogP) is 2.27. The van der Waals surface area contributed by atoms with E-state index < -0.39 is 6.09 Å². The number of ether oxygens (including phenoxy) is 1. The molecule has 0 bridgehead atoms. The molecular weight excluding hydrogens is 402 g/mol. The fraction of sp³-hybridized carbons (Fsp3) is 0.450. The summed E-state index contributed by atoms with van der Waals surface area (Å²) in [5, 5.41) is 6.73. The molecule has 2 N–H and O–H groups in total. The van der Waals surface area contributed by atoms with Gasteiger partial charge in [-0.3, -0.25) is 4.90 Å². The normalized spacial score (nSPS) is 14.8. The van der Waals surface area contributed by atoms with Crippen molar-refractivity contribution in [1.29, 1.82) is 0 Å². The van der Waals surface area contributed by atoms with Crippen LogP contribution >= 0.6 is 12.2 Å². The van der Waals surface area contributed by atoms with Gasteiger partial charge < -0.3 is 20.3 Å². The van der Waals surface area contributed by atoms with E-state index in [0.29, 0.717) is 18.2 Å². The molecule has 3 rings (SSSR count). The standard InChI is InChI=1S/C20H27N7O2S/c1-20(2,3)25-18(30)24-15-4-5-17(22-12-15)29-19(28)27-10-8-26(9-11-27)13-16-6-7-21-14-23-16/h4-7,12,14H,8-11,13H2,1-3H3,(H2,24,25,30). The van der Waals surface area contributed by atoms with Crippen molar-refractivity contribution in [2.24, 2.45) is 0 Å². The van der Waals surface area contributed by atoms with Gasteiger partial charge in [0.05, 0.1) is 17.6 Å². The van der Waals surface area contributed by atoms with Crippen molar-refractivity contribution >= 4 is 29.1 Å². The van der Waals surface area contributed by atoms with Gasteiger partial charge >= 0.3 is 6.09 Å². The largest absolute Gasteiger partial charge is 0.416 e. The van der Waals surface area contributed by atoms with E-state index in [1.54, 1.807) is 35.8 Å². The Labute approximate surface area is 181 Å². The number of hydrogen-bond donors (Lipinski definition) is 2. The minimum absolute atomic E-state index is 0.133. The average molecular weight is 430 g/mol. The van der Waals surface area contributed by atoms with Gasteiger partial charge in [-0.2, -0.15) is 0 Å². The molecule has 2 aromatic heterocycles. The molecule has 2 aromatic rings. The molecule has 0 unspecified atom stereocenters. The smallest absolute Gasteiger partial charge is 0.391 e. The molecule has 1 aliphatic rings. The van der Waals surface area contributed by atoms with Crippen molar-refractivity contribution in [3.8, 4) is 5.88 Å². The van der Waals surface area contributed by atoms with Crippen LogP contribution in [-0.4, -0.2) is 67.7 Å². The fourth-order valence-electron chi connectivity index (χ4n) is 2.90. The van der Waals surface area contributed by atoms with E-state index in [0.717, 1.165) is 31.0 Å². The molecule has 1 amide bonds. The van der Waals surface area contributed by atoms with Gasteiger partial charge in [0.1, 0.15) is 6.33 Å². The second-order valence-electron chi connectivity index (χ2n) is 8.05. The van der Waals surface area contributed by atoms with Crippen LogP contribution in [-0.2, 0) is 6.54 Å². The summed E-state index contributed by atoms with van der Waals surface area (Å²) in [6, 6.07) is 5.31. The number of amides is 1. The van der Waals surface area contributed by atoms with E-state index in [4.69, 9.17) is 17.0 Å². The number of rotatable bonds is 4. The van der Waals surface area contributed by atoms with Crippen LogP contribution in [0, 0.1) is 0 Å². The number of pyridine rings is 1. The van der Waals surface area contributed by atoms with E-state index in [1.165, 1.54) is 0 Å². The molecule has 3 heterocycles. The minimum Gasteiger partial charge on any atom is -0.391 e. The molecule has 1 fully saturated rings. The number of piperazine rings is 1. The van der Waals surface area contributed by atoms with Crippen molar-refractivity contribution in [2.75, 3.05) is 31.5 Å². The van der Waals surface area contributed by atoms with Gasteiger partial charge in [-0.1, -0.05) is 0 Å². The Bertz CT molecular complexity index is 848. The maximum Gasteiger partial charge on any atom is 0.416 e. The van der Waals surface area contributed by atoms with E-state index in [2.05, 4.69) is 30.5 Å². The number of anilines is 1. The zero-order valence-electron chi connectivity index (χ0n) is 17.5. The second kappa shape index (κ2) is 9.77. The topological polar surface area (TPSA) is 95.5 Å². The van der Waals surface area contributed by atoms with E-state index >= 15 is 0 Å². The molecule has 1 aliphatic heterocycles. The summed E-state index contributed by atoms with van der Waals surface area (Å²) >= 11 is 5.27. The van der Waals surface area contributed by atoms with Crippen LogP contribution in [0.25, 0.3) is 0 Å². The molecular formula is C20H27N7O2S. The highest BCUT2D eigenvalue weighted by Gasteiger charge is 2.23. The zero-order valence-corrected chi connectivity index (χ0v) is 18.3. The second-order valence-corrected chi connectivity index (χ2v) is 8.45. The molecule has 0 radical (unpaired) electrons. The first-order valence-electron chi connectivity index (χ1n) is 9.78. The maximum absolute atomic E-state index is 12.4. The fourth-order valence-corrected chi connectivity index (χ4v) is 3.32. The van der Waals surface area contributed by atoms with Gasteiger partial charge in [0.2, 0.25) is 5.88 Å². The molecule has 0 saturated carbocycles. The van der Waals surface area contributed by atoms with Crippen molar-refractivity contribution in [1.82, 2.24) is 30.1 Å². The number of nitrogens with zero attached hydrogens (tertiary/aromatic N) is 5. The van der Waals surface area contributed by atoms with Gasteiger partial charge in [0.15, 0.2) is 5.11 Å². The highest BCUT2D eigenvalue weighted by molar-refractivity contribution is 7.80. The van der Waals surface area contributed by atoms with Gasteiger partial charge in [0.25, 0.3) is 0 Å². The Morgan fingerprint density at radius 2 is 1.93 bits per heavy atom. The van der Waals surface area contributed by atoms with Crippen molar-refractivity contribution in [3.05, 3.63) is 42.6 Å².